The fourth-order valence-electron chi connectivity index (χ4n) is 5.38. The van der Waals surface area contributed by atoms with E-state index in [4.69, 9.17) is 6.57 Å². The SMILES string of the molecule is [C-]#[N+][C@@H]1C[C@@]2(CN1C(=O)[C@H](CC1CC1)N(C)C(=O)c1cnc(C(C)(C)C)[nH]1)C(=O)Nc1ccccc12. The second-order valence-electron chi connectivity index (χ2n) is 11.4. The third kappa shape index (κ3) is 3.94. The molecule has 2 aromatic rings. The number of likely N-dealkylation sites (tertiary alicyclic amines) is 1. The van der Waals surface area contributed by atoms with Gasteiger partial charge in [0.1, 0.15) is 23.0 Å². The largest absolute Gasteiger partial charge is 0.338 e. The molecule has 36 heavy (non-hydrogen) atoms. The lowest BCUT2D eigenvalue weighted by Crippen LogP contribution is -2.51. The second kappa shape index (κ2) is 8.47. The molecule has 1 aliphatic carbocycles. The van der Waals surface area contributed by atoms with Crippen LogP contribution in [-0.2, 0) is 20.4 Å². The maximum atomic E-state index is 14.0. The van der Waals surface area contributed by atoms with Crippen LogP contribution in [0.2, 0.25) is 0 Å². The number of rotatable bonds is 5. The number of carbonyl (C=O) groups is 3. The van der Waals surface area contributed by atoms with Crippen LogP contribution in [-0.4, -0.2) is 63.3 Å². The predicted molar refractivity (Wildman–Crippen MR) is 134 cm³/mol. The van der Waals surface area contributed by atoms with E-state index >= 15 is 0 Å². The normalized spacial score (nSPS) is 23.8. The zero-order valence-corrected chi connectivity index (χ0v) is 21.2. The lowest BCUT2D eigenvalue weighted by molar-refractivity contribution is -0.136. The van der Waals surface area contributed by atoms with E-state index in [2.05, 4.69) is 20.1 Å². The number of carbonyl (C=O) groups excluding carboxylic acids is 3. The molecule has 3 heterocycles. The minimum absolute atomic E-state index is 0.128. The van der Waals surface area contributed by atoms with E-state index in [-0.39, 0.29) is 36.1 Å². The van der Waals surface area contributed by atoms with Crippen molar-refractivity contribution in [1.82, 2.24) is 19.8 Å². The van der Waals surface area contributed by atoms with Gasteiger partial charge in [0.15, 0.2) is 0 Å². The highest BCUT2D eigenvalue weighted by atomic mass is 16.2. The molecule has 1 aromatic carbocycles. The Labute approximate surface area is 211 Å². The molecule has 1 spiro atoms. The number of fused-ring (bicyclic) bond motifs is 2. The van der Waals surface area contributed by atoms with Crippen LogP contribution in [0.25, 0.3) is 4.85 Å². The molecular formula is C27H32N6O3. The van der Waals surface area contributed by atoms with Gasteiger partial charge >= 0.3 is 6.17 Å². The van der Waals surface area contributed by atoms with E-state index in [0.29, 0.717) is 23.9 Å². The fraction of sp³-hybridized carbons (Fsp3) is 0.519. The summed E-state index contributed by atoms with van der Waals surface area (Å²) in [5.41, 5.74) is 0.704. The van der Waals surface area contributed by atoms with Gasteiger partial charge < -0.3 is 15.2 Å². The number of nitrogens with one attached hydrogen (secondary N) is 2. The van der Waals surface area contributed by atoms with Gasteiger partial charge in [0.05, 0.1) is 12.6 Å². The van der Waals surface area contributed by atoms with Crippen molar-refractivity contribution in [3.8, 4) is 0 Å². The molecule has 0 unspecified atom stereocenters. The monoisotopic (exact) mass is 488 g/mol. The van der Waals surface area contributed by atoms with E-state index in [1.165, 1.54) is 16.0 Å². The Balaban J connectivity index is 1.43. The molecule has 1 saturated carbocycles. The van der Waals surface area contributed by atoms with Gasteiger partial charge in [0.2, 0.25) is 5.91 Å². The van der Waals surface area contributed by atoms with Gasteiger partial charge in [-0.3, -0.25) is 24.1 Å². The second-order valence-corrected chi connectivity index (χ2v) is 11.4. The summed E-state index contributed by atoms with van der Waals surface area (Å²) in [6, 6.07) is 6.75. The first-order valence-electron chi connectivity index (χ1n) is 12.5. The van der Waals surface area contributed by atoms with Crippen LogP contribution in [0.5, 0.6) is 0 Å². The number of amides is 3. The van der Waals surface area contributed by atoms with Crippen LogP contribution in [0.1, 0.15) is 68.3 Å². The van der Waals surface area contributed by atoms with Crippen LogP contribution < -0.4 is 5.32 Å². The van der Waals surface area contributed by atoms with Crippen molar-refractivity contribution in [2.45, 2.75) is 69.5 Å². The molecule has 0 radical (unpaired) electrons. The van der Waals surface area contributed by atoms with Crippen LogP contribution in [0.3, 0.4) is 0 Å². The van der Waals surface area contributed by atoms with Crippen LogP contribution in [0.15, 0.2) is 30.5 Å². The van der Waals surface area contributed by atoms with Gasteiger partial charge in [-0.1, -0.05) is 51.8 Å². The smallest absolute Gasteiger partial charge is 0.302 e. The molecule has 0 bridgehead atoms. The van der Waals surface area contributed by atoms with E-state index in [0.717, 1.165) is 24.1 Å². The van der Waals surface area contributed by atoms with Crippen LogP contribution >= 0.6 is 0 Å². The van der Waals surface area contributed by atoms with Crippen molar-refractivity contribution >= 4 is 23.4 Å². The Morgan fingerprint density at radius 1 is 1.31 bits per heavy atom. The molecule has 1 saturated heterocycles. The molecule has 3 amide bonds. The Kier molecular flexibility index (Phi) is 5.66. The van der Waals surface area contributed by atoms with Crippen molar-refractivity contribution in [3.05, 3.63) is 59.0 Å². The van der Waals surface area contributed by atoms with Crippen LogP contribution in [0, 0.1) is 12.5 Å². The summed E-state index contributed by atoms with van der Waals surface area (Å²) in [6.07, 6.45) is 3.59. The summed E-state index contributed by atoms with van der Waals surface area (Å²) < 4.78 is 0. The number of aromatic amines is 1. The quantitative estimate of drug-likeness (QED) is 0.630. The molecule has 2 aliphatic heterocycles. The maximum absolute atomic E-state index is 14.0. The van der Waals surface area contributed by atoms with Gasteiger partial charge in [-0.15, -0.1) is 0 Å². The number of hydrogen-bond donors (Lipinski definition) is 2. The highest BCUT2D eigenvalue weighted by Crippen LogP contribution is 2.47. The summed E-state index contributed by atoms with van der Waals surface area (Å²) >= 11 is 0. The number of imidazole rings is 1. The van der Waals surface area contributed by atoms with E-state index in [1.54, 1.807) is 7.05 Å². The molecule has 2 fully saturated rings. The zero-order valence-electron chi connectivity index (χ0n) is 21.2. The van der Waals surface area contributed by atoms with Crippen molar-refractivity contribution in [2.24, 2.45) is 5.92 Å². The predicted octanol–water partition coefficient (Wildman–Crippen LogP) is 3.32. The maximum Gasteiger partial charge on any atom is 0.302 e. The topological polar surface area (TPSA) is 103 Å². The van der Waals surface area contributed by atoms with E-state index < -0.39 is 17.6 Å². The molecule has 2 N–H and O–H groups in total. The Bertz CT molecular complexity index is 1270. The van der Waals surface area contributed by atoms with Crippen LogP contribution in [0.4, 0.5) is 5.69 Å². The average Bonchev–Trinajstić information content (AvgIpc) is 3.27. The molecule has 5 rings (SSSR count). The molecule has 3 aliphatic rings. The average molecular weight is 489 g/mol. The summed E-state index contributed by atoms with van der Waals surface area (Å²) in [6.45, 7) is 14.0. The lowest BCUT2D eigenvalue weighted by Gasteiger charge is -2.31. The highest BCUT2D eigenvalue weighted by molar-refractivity contribution is 6.07. The number of nitrogens with zero attached hydrogens (tertiary/aromatic N) is 4. The summed E-state index contributed by atoms with van der Waals surface area (Å²) in [5.74, 6) is 0.310. The number of benzene rings is 1. The Hall–Kier alpha value is -3.67. The first kappa shape index (κ1) is 24.0. The first-order chi connectivity index (χ1) is 17.0. The number of H-pyrrole nitrogens is 1. The van der Waals surface area contributed by atoms with Crippen molar-refractivity contribution < 1.29 is 14.4 Å². The zero-order chi connectivity index (χ0) is 25.8. The van der Waals surface area contributed by atoms with Gasteiger partial charge in [-0.25, -0.2) is 11.6 Å². The third-order valence-electron chi connectivity index (χ3n) is 7.73. The first-order valence-corrected chi connectivity index (χ1v) is 12.5. The molecule has 9 nitrogen and oxygen atoms in total. The van der Waals surface area contributed by atoms with E-state index in [1.807, 2.05) is 45.0 Å². The fourth-order valence-corrected chi connectivity index (χ4v) is 5.38. The number of hydrogen-bond acceptors (Lipinski definition) is 4. The molecule has 3 atom stereocenters. The van der Waals surface area contributed by atoms with Crippen molar-refractivity contribution in [3.63, 3.8) is 0 Å². The van der Waals surface area contributed by atoms with Gasteiger partial charge in [-0.2, -0.15) is 0 Å². The molecule has 9 heteroatoms. The Morgan fingerprint density at radius 2 is 2.03 bits per heavy atom. The number of anilines is 1. The van der Waals surface area contributed by atoms with E-state index in [9.17, 15) is 14.4 Å². The highest BCUT2D eigenvalue weighted by Gasteiger charge is 2.59. The minimum atomic E-state index is -0.945. The van der Waals surface area contributed by atoms with Gasteiger partial charge in [-0.05, 0) is 24.0 Å². The van der Waals surface area contributed by atoms with Crippen molar-refractivity contribution in [1.29, 1.82) is 0 Å². The Morgan fingerprint density at radius 3 is 2.67 bits per heavy atom. The summed E-state index contributed by atoms with van der Waals surface area (Å²) in [5, 5.41) is 2.93. The third-order valence-corrected chi connectivity index (χ3v) is 7.73. The molecule has 188 valence electrons. The number of likely N-dealkylation sites (N-methyl/N-ethyl adjacent to an activating group) is 1. The molecular weight excluding hydrogens is 456 g/mol. The number of para-hydroxylation sites is 1. The summed E-state index contributed by atoms with van der Waals surface area (Å²) in [7, 11) is 1.64. The van der Waals surface area contributed by atoms with Gasteiger partial charge in [0, 0.05) is 24.7 Å². The summed E-state index contributed by atoms with van der Waals surface area (Å²) in [4.78, 5) is 54.8. The standard InChI is InChI=1S/C27H32N6O3/c1-26(2,3)24-29-14-19(30-24)22(34)32(5)20(12-16-10-11-16)23(35)33-15-27(13-21(33)28-4)17-8-6-7-9-18(17)31-25(27)36/h6-9,14,16,20-21H,10-13,15H2,1-3,5H3,(H,29,30)(H,31,36)/t20-,21-,27-/m0/s1. The lowest BCUT2D eigenvalue weighted by atomic mass is 9.80. The minimum Gasteiger partial charge on any atom is -0.338 e. The molecule has 1 aromatic heterocycles. The number of aromatic nitrogens is 2. The van der Waals surface area contributed by atoms with Crippen molar-refractivity contribution in [2.75, 3.05) is 18.9 Å². The van der Waals surface area contributed by atoms with Gasteiger partial charge in [0.25, 0.3) is 11.8 Å².